The Bertz CT molecular complexity index is 371. The third-order valence-electron chi connectivity index (χ3n) is 2.34. The number of amides is 1. The molecule has 2 unspecified atom stereocenters. The topological polar surface area (TPSA) is 29.5 Å². The molecule has 1 aromatic rings. The molecule has 0 fully saturated rings. The second-order valence-corrected chi connectivity index (χ2v) is 6.47. The lowest BCUT2D eigenvalue weighted by Gasteiger charge is -2.22. The first-order chi connectivity index (χ1) is 8.54. The van der Waals surface area contributed by atoms with Gasteiger partial charge in [0.2, 0.25) is 0 Å². The van der Waals surface area contributed by atoms with Crippen molar-refractivity contribution in [2.75, 3.05) is 11.4 Å². The molecule has 2 atom stereocenters. The Morgan fingerprint density at radius 2 is 1.94 bits per heavy atom. The molecule has 0 aliphatic carbocycles. The zero-order chi connectivity index (χ0) is 13.5. The summed E-state index contributed by atoms with van der Waals surface area (Å²) >= 11 is 6.78. The fraction of sp³-hybridized carbons (Fsp3) is 0.462. The second-order valence-electron chi connectivity index (χ2n) is 3.89. The molecule has 0 N–H and O–H groups in total. The van der Waals surface area contributed by atoms with Crippen LogP contribution in [0.1, 0.15) is 20.3 Å². The standard InChI is InChI=1S/C13H17Br2NO2/c1-3-16(11-7-5-4-6-8-11)13(17)18-12(15)9-10(2)14/h4-8,10,12H,3,9H2,1-2H3. The van der Waals surface area contributed by atoms with Crippen molar-refractivity contribution >= 4 is 43.6 Å². The van der Waals surface area contributed by atoms with Crippen molar-refractivity contribution in [3.8, 4) is 0 Å². The number of rotatable bonds is 5. The van der Waals surface area contributed by atoms with Gasteiger partial charge in [-0.15, -0.1) is 0 Å². The summed E-state index contributed by atoms with van der Waals surface area (Å²) in [6.45, 7) is 4.51. The van der Waals surface area contributed by atoms with Gasteiger partial charge in [-0.1, -0.05) is 41.1 Å². The molecule has 18 heavy (non-hydrogen) atoms. The highest BCUT2D eigenvalue weighted by Crippen LogP contribution is 2.19. The van der Waals surface area contributed by atoms with Crippen molar-refractivity contribution in [3.63, 3.8) is 0 Å². The number of hydrogen-bond donors (Lipinski definition) is 0. The second kappa shape index (κ2) is 7.79. The van der Waals surface area contributed by atoms with E-state index in [1.54, 1.807) is 4.90 Å². The van der Waals surface area contributed by atoms with Crippen LogP contribution in [-0.2, 0) is 4.74 Å². The van der Waals surface area contributed by atoms with Crippen LogP contribution in [0.25, 0.3) is 0 Å². The summed E-state index contributed by atoms with van der Waals surface area (Å²) in [5.74, 6) is 0. The van der Waals surface area contributed by atoms with Gasteiger partial charge in [-0.2, -0.15) is 0 Å². The minimum absolute atomic E-state index is 0.280. The van der Waals surface area contributed by atoms with Gasteiger partial charge in [0.1, 0.15) is 0 Å². The molecule has 0 bridgehead atoms. The van der Waals surface area contributed by atoms with E-state index in [-0.39, 0.29) is 11.1 Å². The molecule has 1 aromatic carbocycles. The van der Waals surface area contributed by atoms with Crippen molar-refractivity contribution in [2.45, 2.75) is 30.1 Å². The number of nitrogens with zero attached hydrogens (tertiary/aromatic N) is 1. The van der Waals surface area contributed by atoms with E-state index in [1.165, 1.54) is 0 Å². The summed E-state index contributed by atoms with van der Waals surface area (Å²) in [6.07, 6.45) is 0.386. The minimum Gasteiger partial charge on any atom is -0.434 e. The predicted molar refractivity (Wildman–Crippen MR) is 81.7 cm³/mol. The van der Waals surface area contributed by atoms with Crippen molar-refractivity contribution in [3.05, 3.63) is 30.3 Å². The van der Waals surface area contributed by atoms with Crippen LogP contribution in [0.3, 0.4) is 0 Å². The van der Waals surface area contributed by atoms with Crippen LogP contribution in [0.2, 0.25) is 0 Å². The first-order valence-electron chi connectivity index (χ1n) is 5.86. The Morgan fingerprint density at radius 3 is 2.44 bits per heavy atom. The van der Waals surface area contributed by atoms with Gasteiger partial charge in [-0.3, -0.25) is 4.90 Å². The van der Waals surface area contributed by atoms with E-state index in [0.717, 1.165) is 12.1 Å². The van der Waals surface area contributed by atoms with Crippen LogP contribution in [0, 0.1) is 0 Å². The molecule has 0 saturated heterocycles. The van der Waals surface area contributed by atoms with Crippen molar-refractivity contribution in [1.82, 2.24) is 0 Å². The molecule has 0 radical (unpaired) electrons. The number of para-hydroxylation sites is 1. The molecule has 5 heteroatoms. The summed E-state index contributed by atoms with van der Waals surface area (Å²) in [6, 6.07) is 9.50. The van der Waals surface area contributed by atoms with Crippen molar-refractivity contribution in [2.24, 2.45) is 0 Å². The van der Waals surface area contributed by atoms with Crippen LogP contribution in [0.15, 0.2) is 30.3 Å². The lowest BCUT2D eigenvalue weighted by Crippen LogP contribution is -2.33. The maximum absolute atomic E-state index is 12.0. The molecule has 100 valence electrons. The number of halogens is 2. The lowest BCUT2D eigenvalue weighted by molar-refractivity contribution is 0.142. The molecule has 1 rings (SSSR count). The van der Waals surface area contributed by atoms with E-state index >= 15 is 0 Å². The summed E-state index contributed by atoms with van der Waals surface area (Å²) in [7, 11) is 0. The zero-order valence-corrected chi connectivity index (χ0v) is 13.6. The Balaban J connectivity index is 2.63. The summed E-state index contributed by atoms with van der Waals surface area (Å²) < 4.78 is 5.34. The Labute approximate surface area is 125 Å². The fourth-order valence-corrected chi connectivity index (χ4v) is 3.06. The van der Waals surface area contributed by atoms with Crippen LogP contribution in [0.4, 0.5) is 10.5 Å². The van der Waals surface area contributed by atoms with E-state index in [0.29, 0.717) is 11.4 Å². The Hall–Kier alpha value is -0.550. The van der Waals surface area contributed by atoms with Gasteiger partial charge in [0.15, 0.2) is 5.01 Å². The smallest absolute Gasteiger partial charge is 0.415 e. The lowest BCUT2D eigenvalue weighted by atomic mass is 10.3. The average Bonchev–Trinajstić information content (AvgIpc) is 2.29. The highest BCUT2D eigenvalue weighted by Gasteiger charge is 2.19. The fourth-order valence-electron chi connectivity index (χ4n) is 1.50. The highest BCUT2D eigenvalue weighted by molar-refractivity contribution is 9.10. The Morgan fingerprint density at radius 1 is 1.33 bits per heavy atom. The number of ether oxygens (including phenoxy) is 1. The number of alkyl halides is 2. The number of carbonyl (C=O) groups is 1. The van der Waals surface area contributed by atoms with Gasteiger partial charge in [-0.05, 0) is 35.0 Å². The van der Waals surface area contributed by atoms with Gasteiger partial charge >= 0.3 is 6.09 Å². The average molecular weight is 379 g/mol. The van der Waals surface area contributed by atoms with Crippen molar-refractivity contribution in [1.29, 1.82) is 0 Å². The normalized spacial score (nSPS) is 13.8. The largest absolute Gasteiger partial charge is 0.434 e. The SMILES string of the molecule is CCN(C(=O)OC(Br)CC(C)Br)c1ccccc1. The molecule has 0 aliphatic heterocycles. The van der Waals surface area contributed by atoms with E-state index in [2.05, 4.69) is 31.9 Å². The van der Waals surface area contributed by atoms with Crippen LogP contribution in [0.5, 0.6) is 0 Å². The molecular weight excluding hydrogens is 362 g/mol. The van der Waals surface area contributed by atoms with Crippen LogP contribution < -0.4 is 4.90 Å². The van der Waals surface area contributed by atoms with E-state index in [9.17, 15) is 4.79 Å². The molecule has 1 amide bonds. The van der Waals surface area contributed by atoms with E-state index < -0.39 is 0 Å². The van der Waals surface area contributed by atoms with Crippen molar-refractivity contribution < 1.29 is 9.53 Å². The molecule has 0 saturated carbocycles. The zero-order valence-electron chi connectivity index (χ0n) is 10.5. The number of hydrogen-bond acceptors (Lipinski definition) is 2. The Kier molecular flexibility index (Phi) is 6.71. The van der Waals surface area contributed by atoms with E-state index in [4.69, 9.17) is 4.74 Å². The monoisotopic (exact) mass is 377 g/mol. The first-order valence-corrected chi connectivity index (χ1v) is 7.69. The third-order valence-corrected chi connectivity index (χ3v) is 3.28. The van der Waals surface area contributed by atoms with Gasteiger partial charge in [0.25, 0.3) is 0 Å². The maximum atomic E-state index is 12.0. The number of anilines is 1. The molecule has 0 heterocycles. The maximum Gasteiger partial charge on any atom is 0.415 e. The summed E-state index contributed by atoms with van der Waals surface area (Å²) in [5.41, 5.74) is 0.844. The number of carbonyl (C=O) groups excluding carboxylic acids is 1. The summed E-state index contributed by atoms with van der Waals surface area (Å²) in [5, 5.41) is -0.280. The molecule has 3 nitrogen and oxygen atoms in total. The third kappa shape index (κ3) is 4.98. The summed E-state index contributed by atoms with van der Waals surface area (Å²) in [4.78, 5) is 13.9. The predicted octanol–water partition coefficient (Wildman–Crippen LogP) is 4.54. The van der Waals surface area contributed by atoms with E-state index in [1.807, 2.05) is 44.2 Å². The van der Waals surface area contributed by atoms with Gasteiger partial charge in [-0.25, -0.2) is 4.79 Å². The van der Waals surface area contributed by atoms with Gasteiger partial charge in [0.05, 0.1) is 0 Å². The highest BCUT2D eigenvalue weighted by atomic mass is 79.9. The quantitative estimate of drug-likeness (QED) is 0.703. The first kappa shape index (κ1) is 15.5. The van der Waals surface area contributed by atoms with Crippen LogP contribution in [-0.4, -0.2) is 22.5 Å². The molecular formula is C13H17Br2NO2. The van der Waals surface area contributed by atoms with Crippen LogP contribution >= 0.6 is 31.9 Å². The van der Waals surface area contributed by atoms with Gasteiger partial charge in [0, 0.05) is 23.5 Å². The molecule has 0 aromatic heterocycles. The molecule has 0 aliphatic rings. The minimum atomic E-state index is -0.335. The number of benzene rings is 1. The van der Waals surface area contributed by atoms with Gasteiger partial charge < -0.3 is 4.74 Å². The molecule has 0 spiro atoms.